The average Bonchev–Trinajstić information content (AvgIpc) is 3.00. The molecule has 0 unspecified atom stereocenters. The maximum Gasteiger partial charge on any atom is 0.341 e. The van der Waals surface area contributed by atoms with E-state index in [1.54, 1.807) is 24.3 Å². The Labute approximate surface area is 137 Å². The molecule has 2 rings (SSSR count). The van der Waals surface area contributed by atoms with E-state index in [1.807, 2.05) is 0 Å². The number of carbonyl (C=O) groups is 2. The zero-order valence-electron chi connectivity index (χ0n) is 12.8. The fraction of sp³-hybridized carbons (Fsp3) is 0.267. The molecule has 1 aromatic carbocycles. The Morgan fingerprint density at radius 1 is 1.13 bits per heavy atom. The van der Waals surface area contributed by atoms with Crippen LogP contribution in [0.3, 0.4) is 0 Å². The molecule has 0 N–H and O–H groups in total. The minimum Gasteiger partial charge on any atom is -0.465 e. The maximum atomic E-state index is 12.6. The molecule has 0 amide bonds. The summed E-state index contributed by atoms with van der Waals surface area (Å²) in [6.45, 7) is 0. The number of methoxy groups -OCH3 is 3. The number of aromatic nitrogens is 2. The van der Waals surface area contributed by atoms with Gasteiger partial charge >= 0.3 is 5.97 Å². The standard InChI is InChI=1S/C15H15ClN2O5/c1-21-14(20)11-8-17-18(12(11)15(22-2)23-3)13(19)9-4-6-10(16)7-5-9/h4-8,15H,1-3H3. The summed E-state index contributed by atoms with van der Waals surface area (Å²) in [7, 11) is 4.01. The van der Waals surface area contributed by atoms with Crippen molar-refractivity contribution in [3.8, 4) is 0 Å². The first kappa shape index (κ1) is 17.1. The van der Waals surface area contributed by atoms with Crippen LogP contribution < -0.4 is 0 Å². The van der Waals surface area contributed by atoms with E-state index in [-0.39, 0.29) is 11.3 Å². The van der Waals surface area contributed by atoms with Crippen LogP contribution in [0, 0.1) is 0 Å². The summed E-state index contributed by atoms with van der Waals surface area (Å²) in [6, 6.07) is 6.29. The molecule has 2 aromatic rings. The topological polar surface area (TPSA) is 79.7 Å². The van der Waals surface area contributed by atoms with Gasteiger partial charge in [-0.15, -0.1) is 0 Å². The van der Waals surface area contributed by atoms with Crippen molar-refractivity contribution in [2.24, 2.45) is 0 Å². The Morgan fingerprint density at radius 3 is 2.26 bits per heavy atom. The molecule has 0 bridgehead atoms. The second-order valence-electron chi connectivity index (χ2n) is 4.46. The van der Waals surface area contributed by atoms with Crippen molar-refractivity contribution in [3.05, 3.63) is 52.3 Å². The van der Waals surface area contributed by atoms with Gasteiger partial charge in [0.05, 0.1) is 13.3 Å². The van der Waals surface area contributed by atoms with Crippen LogP contribution in [0.25, 0.3) is 0 Å². The molecule has 0 saturated carbocycles. The molecular formula is C15H15ClN2O5. The molecular weight excluding hydrogens is 324 g/mol. The van der Waals surface area contributed by atoms with Crippen molar-refractivity contribution in [3.63, 3.8) is 0 Å². The number of ether oxygens (including phenoxy) is 3. The quantitative estimate of drug-likeness (QED) is 0.615. The molecule has 0 saturated heterocycles. The van der Waals surface area contributed by atoms with Gasteiger partial charge in [-0.2, -0.15) is 9.78 Å². The van der Waals surface area contributed by atoms with Crippen LogP contribution in [0.15, 0.2) is 30.5 Å². The van der Waals surface area contributed by atoms with E-state index in [9.17, 15) is 9.59 Å². The summed E-state index contributed by atoms with van der Waals surface area (Å²) in [6.07, 6.45) is 0.280. The van der Waals surface area contributed by atoms with E-state index in [0.717, 1.165) is 4.68 Å². The van der Waals surface area contributed by atoms with Crippen molar-refractivity contribution in [2.75, 3.05) is 21.3 Å². The van der Waals surface area contributed by atoms with Gasteiger partial charge in [-0.1, -0.05) is 11.6 Å². The molecule has 0 spiro atoms. The molecule has 8 heteroatoms. The molecule has 0 aliphatic rings. The molecule has 0 atom stereocenters. The number of carbonyl (C=O) groups excluding carboxylic acids is 2. The van der Waals surface area contributed by atoms with E-state index >= 15 is 0 Å². The number of hydrogen-bond acceptors (Lipinski definition) is 6. The summed E-state index contributed by atoms with van der Waals surface area (Å²) in [5.74, 6) is -1.10. The van der Waals surface area contributed by atoms with Crippen molar-refractivity contribution in [2.45, 2.75) is 6.29 Å². The Hall–Kier alpha value is -2.22. The minimum atomic E-state index is -0.956. The van der Waals surface area contributed by atoms with Crippen LogP contribution in [0.1, 0.15) is 32.7 Å². The Morgan fingerprint density at radius 2 is 1.74 bits per heavy atom. The second kappa shape index (κ2) is 7.36. The van der Waals surface area contributed by atoms with E-state index in [1.165, 1.54) is 27.5 Å². The third kappa shape index (κ3) is 3.42. The predicted octanol–water partition coefficient (Wildman–Crippen LogP) is 2.30. The van der Waals surface area contributed by atoms with E-state index in [4.69, 9.17) is 25.8 Å². The predicted molar refractivity (Wildman–Crippen MR) is 81.5 cm³/mol. The lowest BCUT2D eigenvalue weighted by atomic mass is 10.2. The Balaban J connectivity index is 2.53. The van der Waals surface area contributed by atoms with Gasteiger partial charge in [0.25, 0.3) is 5.91 Å². The average molecular weight is 339 g/mol. The molecule has 7 nitrogen and oxygen atoms in total. The first-order valence-electron chi connectivity index (χ1n) is 6.55. The smallest absolute Gasteiger partial charge is 0.341 e. The van der Waals surface area contributed by atoms with Gasteiger partial charge in [-0.25, -0.2) is 4.79 Å². The lowest BCUT2D eigenvalue weighted by Crippen LogP contribution is -2.22. The van der Waals surface area contributed by atoms with Gasteiger partial charge in [-0.3, -0.25) is 4.79 Å². The number of rotatable bonds is 5. The van der Waals surface area contributed by atoms with Gasteiger partial charge in [0, 0.05) is 24.8 Å². The SMILES string of the molecule is COC(=O)c1cnn(C(=O)c2ccc(Cl)cc2)c1C(OC)OC. The second-order valence-corrected chi connectivity index (χ2v) is 4.90. The normalized spacial score (nSPS) is 10.8. The maximum absolute atomic E-state index is 12.6. The monoisotopic (exact) mass is 338 g/mol. The number of nitrogens with zero attached hydrogens (tertiary/aromatic N) is 2. The summed E-state index contributed by atoms with van der Waals surface area (Å²) < 4.78 is 16.1. The lowest BCUT2D eigenvalue weighted by Gasteiger charge is -2.16. The zero-order valence-corrected chi connectivity index (χ0v) is 13.5. The molecule has 0 fully saturated rings. The summed E-state index contributed by atoms with van der Waals surface area (Å²) >= 11 is 5.82. The Kier molecular flexibility index (Phi) is 5.49. The third-order valence-electron chi connectivity index (χ3n) is 3.15. The third-order valence-corrected chi connectivity index (χ3v) is 3.40. The molecule has 0 aliphatic heterocycles. The Bertz CT molecular complexity index is 707. The molecule has 0 aliphatic carbocycles. The number of halogens is 1. The van der Waals surface area contributed by atoms with E-state index < -0.39 is 18.2 Å². The largest absolute Gasteiger partial charge is 0.465 e. The zero-order chi connectivity index (χ0) is 17.0. The lowest BCUT2D eigenvalue weighted by molar-refractivity contribution is -0.110. The first-order chi connectivity index (χ1) is 11.0. The van der Waals surface area contributed by atoms with Crippen LogP contribution in [0.5, 0.6) is 0 Å². The number of esters is 1. The van der Waals surface area contributed by atoms with Crippen LogP contribution in [0.2, 0.25) is 5.02 Å². The van der Waals surface area contributed by atoms with Gasteiger partial charge in [0.1, 0.15) is 11.3 Å². The van der Waals surface area contributed by atoms with Gasteiger partial charge < -0.3 is 14.2 Å². The fourth-order valence-electron chi connectivity index (χ4n) is 2.05. The van der Waals surface area contributed by atoms with Crippen molar-refractivity contribution in [1.82, 2.24) is 9.78 Å². The van der Waals surface area contributed by atoms with Crippen LogP contribution >= 0.6 is 11.6 Å². The van der Waals surface area contributed by atoms with E-state index in [2.05, 4.69) is 5.10 Å². The molecule has 1 heterocycles. The van der Waals surface area contributed by atoms with Crippen molar-refractivity contribution in [1.29, 1.82) is 0 Å². The fourth-order valence-corrected chi connectivity index (χ4v) is 2.17. The van der Waals surface area contributed by atoms with Gasteiger partial charge in [0.15, 0.2) is 0 Å². The summed E-state index contributed by atoms with van der Waals surface area (Å²) in [5, 5.41) is 4.48. The van der Waals surface area contributed by atoms with Gasteiger partial charge in [0.2, 0.25) is 6.29 Å². The van der Waals surface area contributed by atoms with Crippen LogP contribution in [-0.2, 0) is 14.2 Å². The highest BCUT2D eigenvalue weighted by atomic mass is 35.5. The minimum absolute atomic E-state index is 0.0866. The van der Waals surface area contributed by atoms with Crippen LogP contribution in [-0.4, -0.2) is 43.0 Å². The number of benzene rings is 1. The first-order valence-corrected chi connectivity index (χ1v) is 6.93. The highest BCUT2D eigenvalue weighted by Crippen LogP contribution is 2.23. The summed E-state index contributed by atoms with van der Waals surface area (Å²) in [4.78, 5) is 24.5. The highest BCUT2D eigenvalue weighted by Gasteiger charge is 2.28. The molecule has 23 heavy (non-hydrogen) atoms. The van der Waals surface area contributed by atoms with Gasteiger partial charge in [-0.05, 0) is 24.3 Å². The van der Waals surface area contributed by atoms with Crippen molar-refractivity contribution < 1.29 is 23.8 Å². The molecule has 122 valence electrons. The van der Waals surface area contributed by atoms with Crippen molar-refractivity contribution >= 4 is 23.5 Å². The van der Waals surface area contributed by atoms with E-state index in [0.29, 0.717) is 10.6 Å². The molecule has 1 aromatic heterocycles. The summed E-state index contributed by atoms with van der Waals surface area (Å²) in [5.41, 5.74) is 0.589. The van der Waals surface area contributed by atoms with Crippen LogP contribution in [0.4, 0.5) is 0 Å². The number of hydrogen-bond donors (Lipinski definition) is 0. The highest BCUT2D eigenvalue weighted by molar-refractivity contribution is 6.30. The molecule has 0 radical (unpaired) electrons.